The maximum absolute atomic E-state index is 13.1. The van der Waals surface area contributed by atoms with Gasteiger partial charge in [-0.2, -0.15) is 4.31 Å². The van der Waals surface area contributed by atoms with E-state index >= 15 is 0 Å². The molecule has 0 spiro atoms. The second kappa shape index (κ2) is 6.09. The molecule has 3 rings (SSSR count). The van der Waals surface area contributed by atoms with E-state index in [1.807, 2.05) is 6.92 Å². The number of carbonyl (C=O) groups is 1. The van der Waals surface area contributed by atoms with E-state index in [1.54, 1.807) is 9.21 Å². The Kier molecular flexibility index (Phi) is 4.49. The molecule has 0 radical (unpaired) electrons. The molecule has 0 unspecified atom stereocenters. The Bertz CT molecular complexity index is 536. The third-order valence-corrected chi connectivity index (χ3v) is 7.84. The lowest BCUT2D eigenvalue weighted by molar-refractivity contribution is -0.129. The first kappa shape index (κ1) is 16.2. The molecule has 3 saturated heterocycles. The molecule has 0 aromatic rings. The van der Waals surface area contributed by atoms with E-state index in [2.05, 4.69) is 4.90 Å². The van der Waals surface area contributed by atoms with Crippen LogP contribution in [0.15, 0.2) is 0 Å². The van der Waals surface area contributed by atoms with Crippen molar-refractivity contribution in [1.82, 2.24) is 14.1 Å². The number of carbonyl (C=O) groups excluding carboxylic acids is 1. The minimum absolute atomic E-state index is 0.0199. The van der Waals surface area contributed by atoms with Gasteiger partial charge in [0, 0.05) is 45.2 Å². The molecular formula is C15H27N3O3S. The van der Waals surface area contributed by atoms with Crippen LogP contribution < -0.4 is 0 Å². The van der Waals surface area contributed by atoms with Gasteiger partial charge in [-0.1, -0.05) is 0 Å². The topological polar surface area (TPSA) is 60.9 Å². The number of likely N-dealkylation sites (tertiary alicyclic amines) is 1. The minimum atomic E-state index is -3.33. The van der Waals surface area contributed by atoms with Crippen LogP contribution in [-0.4, -0.2) is 78.5 Å². The average Bonchev–Trinajstić information content (AvgIpc) is 2.93. The van der Waals surface area contributed by atoms with Gasteiger partial charge >= 0.3 is 0 Å². The van der Waals surface area contributed by atoms with Crippen LogP contribution in [0.25, 0.3) is 0 Å². The highest BCUT2D eigenvalue weighted by molar-refractivity contribution is 7.89. The third kappa shape index (κ3) is 2.90. The van der Waals surface area contributed by atoms with Crippen molar-refractivity contribution < 1.29 is 13.2 Å². The molecule has 22 heavy (non-hydrogen) atoms. The minimum Gasteiger partial charge on any atom is -0.342 e. The summed E-state index contributed by atoms with van der Waals surface area (Å²) in [6.07, 6.45) is 3.72. The summed E-state index contributed by atoms with van der Waals surface area (Å²) in [4.78, 5) is 15.7. The predicted octanol–water partition coefficient (Wildman–Crippen LogP) is 0.496. The average molecular weight is 329 g/mol. The van der Waals surface area contributed by atoms with Gasteiger partial charge in [-0.3, -0.25) is 9.69 Å². The fourth-order valence-electron chi connectivity index (χ4n) is 4.17. The lowest BCUT2D eigenvalue weighted by Gasteiger charge is -2.43. The van der Waals surface area contributed by atoms with Gasteiger partial charge in [-0.25, -0.2) is 8.42 Å². The Hall–Kier alpha value is -0.660. The van der Waals surface area contributed by atoms with Gasteiger partial charge in [0.05, 0.1) is 5.25 Å². The van der Waals surface area contributed by atoms with E-state index in [-0.39, 0.29) is 11.9 Å². The molecule has 1 amide bonds. The van der Waals surface area contributed by atoms with Crippen molar-refractivity contribution in [3.8, 4) is 0 Å². The van der Waals surface area contributed by atoms with Gasteiger partial charge in [0.15, 0.2) is 0 Å². The molecule has 0 aromatic heterocycles. The number of piperazine rings is 1. The SMILES string of the molecule is CC(=O)N1CCC[C@H](S(=O)(=O)N2C[C@H]3CCCN3C[C@H]2C)C1. The summed E-state index contributed by atoms with van der Waals surface area (Å²) in [5.74, 6) is -0.0199. The van der Waals surface area contributed by atoms with E-state index < -0.39 is 15.3 Å². The van der Waals surface area contributed by atoms with Crippen molar-refractivity contribution in [3.63, 3.8) is 0 Å². The number of piperidine rings is 1. The van der Waals surface area contributed by atoms with Crippen molar-refractivity contribution in [2.75, 3.05) is 32.7 Å². The second-order valence-corrected chi connectivity index (χ2v) is 9.15. The molecule has 6 nitrogen and oxygen atoms in total. The Morgan fingerprint density at radius 1 is 1.05 bits per heavy atom. The van der Waals surface area contributed by atoms with E-state index in [9.17, 15) is 13.2 Å². The Labute approximate surface area is 133 Å². The molecule has 3 aliphatic rings. The summed E-state index contributed by atoms with van der Waals surface area (Å²) < 4.78 is 27.9. The van der Waals surface area contributed by atoms with Gasteiger partial charge in [-0.15, -0.1) is 0 Å². The van der Waals surface area contributed by atoms with Crippen molar-refractivity contribution in [2.45, 2.75) is 56.9 Å². The highest BCUT2D eigenvalue weighted by atomic mass is 32.2. The molecule has 3 fully saturated rings. The molecule has 0 aliphatic carbocycles. The Morgan fingerprint density at radius 3 is 2.50 bits per heavy atom. The molecule has 0 bridgehead atoms. The first-order valence-electron chi connectivity index (χ1n) is 8.40. The van der Waals surface area contributed by atoms with Crippen LogP contribution in [0.5, 0.6) is 0 Å². The van der Waals surface area contributed by atoms with Gasteiger partial charge in [0.1, 0.15) is 0 Å². The quantitative estimate of drug-likeness (QED) is 0.740. The van der Waals surface area contributed by atoms with E-state index in [4.69, 9.17) is 0 Å². The van der Waals surface area contributed by atoms with Gasteiger partial charge in [-0.05, 0) is 39.2 Å². The highest BCUT2D eigenvalue weighted by Gasteiger charge is 2.43. The monoisotopic (exact) mass is 329 g/mol. The number of hydrogen-bond acceptors (Lipinski definition) is 4. The molecule has 3 aliphatic heterocycles. The lowest BCUT2D eigenvalue weighted by atomic mass is 10.1. The summed E-state index contributed by atoms with van der Waals surface area (Å²) in [5, 5.41) is -0.430. The molecule has 3 atom stereocenters. The smallest absolute Gasteiger partial charge is 0.219 e. The van der Waals surface area contributed by atoms with Crippen LogP contribution in [0.1, 0.15) is 39.5 Å². The van der Waals surface area contributed by atoms with Gasteiger partial charge < -0.3 is 4.90 Å². The maximum atomic E-state index is 13.1. The second-order valence-electron chi connectivity index (χ2n) is 6.98. The zero-order chi connectivity index (χ0) is 15.9. The van der Waals surface area contributed by atoms with Crippen LogP contribution >= 0.6 is 0 Å². The number of rotatable bonds is 2. The first-order chi connectivity index (χ1) is 10.4. The molecule has 7 heteroatoms. The highest BCUT2D eigenvalue weighted by Crippen LogP contribution is 2.29. The fraction of sp³-hybridized carbons (Fsp3) is 0.933. The van der Waals surface area contributed by atoms with Crippen molar-refractivity contribution in [2.24, 2.45) is 0 Å². The number of hydrogen-bond donors (Lipinski definition) is 0. The van der Waals surface area contributed by atoms with Crippen LogP contribution in [0.2, 0.25) is 0 Å². The number of sulfonamides is 1. The lowest BCUT2D eigenvalue weighted by Crippen LogP contribution is -2.59. The van der Waals surface area contributed by atoms with Crippen LogP contribution in [0.4, 0.5) is 0 Å². The summed E-state index contributed by atoms with van der Waals surface area (Å²) in [6, 6.07) is 0.422. The van der Waals surface area contributed by atoms with E-state index in [1.165, 1.54) is 13.3 Å². The normalized spacial score (nSPS) is 34.6. The fourth-order valence-corrected chi connectivity index (χ4v) is 6.34. The molecule has 0 N–H and O–H groups in total. The summed E-state index contributed by atoms with van der Waals surface area (Å²) in [6.45, 7) is 7.15. The largest absolute Gasteiger partial charge is 0.342 e. The standard InChI is InChI=1S/C15H27N3O3S/c1-12-9-17-8-3-5-14(17)10-18(12)22(20,21)15-6-4-7-16(11-15)13(2)19/h12,14-15H,3-11H2,1-2H3/t12-,14-,15+/m1/s1. The molecular weight excluding hydrogens is 302 g/mol. The van der Waals surface area contributed by atoms with Gasteiger partial charge in [0.25, 0.3) is 0 Å². The summed E-state index contributed by atoms with van der Waals surface area (Å²) >= 11 is 0. The Morgan fingerprint density at radius 2 is 1.77 bits per heavy atom. The van der Waals surface area contributed by atoms with E-state index in [0.29, 0.717) is 32.1 Å². The molecule has 0 saturated carbocycles. The summed E-state index contributed by atoms with van der Waals surface area (Å²) in [7, 11) is -3.33. The third-order valence-electron chi connectivity index (χ3n) is 5.45. The zero-order valence-electron chi connectivity index (χ0n) is 13.6. The number of fused-ring (bicyclic) bond motifs is 1. The summed E-state index contributed by atoms with van der Waals surface area (Å²) in [5.41, 5.74) is 0. The number of amides is 1. The van der Waals surface area contributed by atoms with Crippen LogP contribution in [-0.2, 0) is 14.8 Å². The van der Waals surface area contributed by atoms with Crippen molar-refractivity contribution >= 4 is 15.9 Å². The molecule has 3 heterocycles. The predicted molar refractivity (Wildman–Crippen MR) is 85.0 cm³/mol. The van der Waals surface area contributed by atoms with Gasteiger partial charge in [0.2, 0.25) is 15.9 Å². The molecule has 0 aromatic carbocycles. The van der Waals surface area contributed by atoms with Crippen molar-refractivity contribution in [3.05, 3.63) is 0 Å². The van der Waals surface area contributed by atoms with Crippen molar-refractivity contribution in [1.29, 1.82) is 0 Å². The zero-order valence-corrected chi connectivity index (χ0v) is 14.4. The van der Waals surface area contributed by atoms with E-state index in [0.717, 1.165) is 25.9 Å². The van der Waals surface area contributed by atoms with Crippen LogP contribution in [0.3, 0.4) is 0 Å². The molecule has 126 valence electrons. The van der Waals surface area contributed by atoms with Crippen LogP contribution in [0, 0.1) is 0 Å². The maximum Gasteiger partial charge on any atom is 0.219 e. The number of nitrogens with zero attached hydrogens (tertiary/aromatic N) is 3. The Balaban J connectivity index is 1.75. The first-order valence-corrected chi connectivity index (χ1v) is 9.90.